The quantitative estimate of drug-likeness (QED) is 0.192. The molecule has 4 rings (SSSR count). The fourth-order valence-corrected chi connectivity index (χ4v) is 4.75. The van der Waals surface area contributed by atoms with Gasteiger partial charge < -0.3 is 19.5 Å². The number of methoxy groups -OCH3 is 1. The fraction of sp³-hybridized carbons (Fsp3) is 0.321. The van der Waals surface area contributed by atoms with E-state index in [0.717, 1.165) is 24.2 Å². The zero-order chi connectivity index (χ0) is 26.2. The van der Waals surface area contributed by atoms with Crippen LogP contribution in [0.15, 0.2) is 77.6 Å². The monoisotopic (exact) mass is 520 g/mol. The van der Waals surface area contributed by atoms with E-state index >= 15 is 0 Å². The van der Waals surface area contributed by atoms with E-state index in [2.05, 4.69) is 35.9 Å². The van der Waals surface area contributed by atoms with E-state index in [9.17, 15) is 4.79 Å². The summed E-state index contributed by atoms with van der Waals surface area (Å²) >= 11 is 1.58. The van der Waals surface area contributed by atoms with Gasteiger partial charge in [-0.3, -0.25) is 0 Å². The molecule has 2 heterocycles. The van der Waals surface area contributed by atoms with E-state index in [1.165, 1.54) is 5.56 Å². The van der Waals surface area contributed by atoms with Gasteiger partial charge in [0.25, 0.3) is 0 Å². The Hall–Kier alpha value is -3.72. The second kappa shape index (κ2) is 12.5. The highest BCUT2D eigenvalue weighted by atomic mass is 32.2. The minimum Gasteiger partial charge on any atom is -0.493 e. The number of ether oxygens (including phenoxy) is 3. The number of fused-ring (bicyclic) bond motifs is 1. The molecule has 0 radical (unpaired) electrons. The summed E-state index contributed by atoms with van der Waals surface area (Å²) in [5, 5.41) is 8.60. The van der Waals surface area contributed by atoms with Crippen molar-refractivity contribution in [3.8, 4) is 11.5 Å². The number of rotatable bonds is 12. The first-order chi connectivity index (χ1) is 18.0. The van der Waals surface area contributed by atoms with Gasteiger partial charge in [0.2, 0.25) is 11.1 Å². The van der Waals surface area contributed by atoms with Gasteiger partial charge >= 0.3 is 5.97 Å². The normalized spacial score (nSPS) is 14.5. The number of carbonyl (C=O) groups is 1. The van der Waals surface area contributed by atoms with Crippen molar-refractivity contribution in [2.45, 2.75) is 37.9 Å². The average Bonchev–Trinajstić information content (AvgIpc) is 3.32. The van der Waals surface area contributed by atoms with Crippen molar-refractivity contribution < 1.29 is 19.0 Å². The van der Waals surface area contributed by atoms with Crippen LogP contribution in [0.5, 0.6) is 11.5 Å². The SMILES string of the molecule is C=CCOC(=O)C1=C(C)Nc2nc(SCCC)nn2C1c1ccc(OCCc2ccccc2)c(OC)c1. The topological polar surface area (TPSA) is 87.5 Å². The standard InChI is InChI=1S/C28H32N4O4S/c1-5-15-36-26(33)24-19(3)29-27-30-28(37-17-6-2)31-32(27)25(24)21-12-13-22(23(18-21)34-4)35-16-14-20-10-8-7-9-11-20/h5,7-13,18,25H,1,6,14-17H2,2-4H3,(H,29,30,31). The summed E-state index contributed by atoms with van der Waals surface area (Å²) in [4.78, 5) is 17.8. The van der Waals surface area contributed by atoms with Gasteiger partial charge in [-0.2, -0.15) is 4.98 Å². The summed E-state index contributed by atoms with van der Waals surface area (Å²) in [6.07, 6.45) is 3.33. The van der Waals surface area contributed by atoms with Gasteiger partial charge in [0, 0.05) is 17.9 Å². The number of esters is 1. The Morgan fingerprint density at radius 3 is 2.76 bits per heavy atom. The number of hydrogen-bond donors (Lipinski definition) is 1. The molecule has 1 aliphatic rings. The van der Waals surface area contributed by atoms with Crippen LogP contribution in [-0.4, -0.2) is 46.8 Å². The lowest BCUT2D eigenvalue weighted by Gasteiger charge is -2.28. The molecular formula is C28H32N4O4S. The molecule has 1 atom stereocenters. The van der Waals surface area contributed by atoms with E-state index in [-0.39, 0.29) is 6.61 Å². The largest absolute Gasteiger partial charge is 0.493 e. The van der Waals surface area contributed by atoms with E-state index in [1.807, 2.05) is 43.3 Å². The van der Waals surface area contributed by atoms with Crippen LogP contribution < -0.4 is 14.8 Å². The number of aromatic nitrogens is 3. The molecule has 2 aromatic carbocycles. The fourth-order valence-electron chi connectivity index (χ4n) is 4.07. The molecule has 0 spiro atoms. The second-order valence-electron chi connectivity index (χ2n) is 8.46. The van der Waals surface area contributed by atoms with E-state index in [0.29, 0.717) is 40.5 Å². The van der Waals surface area contributed by atoms with E-state index in [4.69, 9.17) is 19.3 Å². The van der Waals surface area contributed by atoms with E-state index < -0.39 is 12.0 Å². The number of hydrogen-bond acceptors (Lipinski definition) is 8. The van der Waals surface area contributed by atoms with Crippen molar-refractivity contribution in [3.05, 3.63) is 83.6 Å². The zero-order valence-corrected chi connectivity index (χ0v) is 22.2. The Morgan fingerprint density at radius 1 is 1.22 bits per heavy atom. The number of carbonyl (C=O) groups excluding carboxylic acids is 1. The lowest BCUT2D eigenvalue weighted by Crippen LogP contribution is -2.29. The second-order valence-corrected chi connectivity index (χ2v) is 9.52. The predicted octanol–water partition coefficient (Wildman–Crippen LogP) is 5.43. The maximum Gasteiger partial charge on any atom is 0.338 e. The smallest absolute Gasteiger partial charge is 0.338 e. The Bertz CT molecular complexity index is 1270. The third kappa shape index (κ3) is 6.17. The van der Waals surface area contributed by atoms with Crippen LogP contribution in [0.25, 0.3) is 0 Å². The molecule has 1 unspecified atom stereocenters. The molecule has 8 nitrogen and oxygen atoms in total. The third-order valence-electron chi connectivity index (χ3n) is 5.82. The molecule has 0 aliphatic carbocycles. The van der Waals surface area contributed by atoms with Gasteiger partial charge in [0.05, 0.1) is 19.3 Å². The molecule has 9 heteroatoms. The van der Waals surface area contributed by atoms with Crippen LogP contribution in [0.2, 0.25) is 0 Å². The van der Waals surface area contributed by atoms with Crippen molar-refractivity contribution in [2.75, 3.05) is 31.4 Å². The number of allylic oxidation sites excluding steroid dienone is 1. The maximum absolute atomic E-state index is 13.1. The van der Waals surface area contributed by atoms with Gasteiger partial charge in [0.15, 0.2) is 11.5 Å². The molecule has 1 aliphatic heterocycles. The van der Waals surface area contributed by atoms with E-state index in [1.54, 1.807) is 29.6 Å². The number of nitrogens with zero attached hydrogens (tertiary/aromatic N) is 3. The van der Waals surface area contributed by atoms with Crippen molar-refractivity contribution in [1.29, 1.82) is 0 Å². The van der Waals surface area contributed by atoms with Crippen molar-refractivity contribution in [3.63, 3.8) is 0 Å². The van der Waals surface area contributed by atoms with Crippen molar-refractivity contribution in [1.82, 2.24) is 14.8 Å². The minimum atomic E-state index is -0.552. The number of anilines is 1. The third-order valence-corrected chi connectivity index (χ3v) is 6.86. The Labute approximate surface area is 221 Å². The first-order valence-corrected chi connectivity index (χ1v) is 13.2. The van der Waals surface area contributed by atoms with Gasteiger partial charge in [0.1, 0.15) is 12.6 Å². The van der Waals surface area contributed by atoms with Crippen LogP contribution in [0.1, 0.15) is 37.4 Å². The summed E-state index contributed by atoms with van der Waals surface area (Å²) in [5.41, 5.74) is 3.11. The van der Waals surface area contributed by atoms with Crippen LogP contribution in [0, 0.1) is 0 Å². The summed E-state index contributed by atoms with van der Waals surface area (Å²) < 4.78 is 18.9. The molecule has 0 saturated carbocycles. The maximum atomic E-state index is 13.1. The van der Waals surface area contributed by atoms with Gasteiger partial charge in [-0.25, -0.2) is 9.48 Å². The van der Waals surface area contributed by atoms with Gasteiger partial charge in [-0.15, -0.1) is 5.10 Å². The zero-order valence-electron chi connectivity index (χ0n) is 21.4. The molecular weight excluding hydrogens is 488 g/mol. The predicted molar refractivity (Wildman–Crippen MR) is 145 cm³/mol. The Kier molecular flexibility index (Phi) is 8.90. The lowest BCUT2D eigenvalue weighted by atomic mass is 9.95. The van der Waals surface area contributed by atoms with Crippen LogP contribution in [0.3, 0.4) is 0 Å². The van der Waals surface area contributed by atoms with Crippen LogP contribution in [-0.2, 0) is 16.0 Å². The molecule has 0 amide bonds. The highest BCUT2D eigenvalue weighted by Crippen LogP contribution is 2.40. The first-order valence-electron chi connectivity index (χ1n) is 12.3. The highest BCUT2D eigenvalue weighted by Gasteiger charge is 2.35. The minimum absolute atomic E-state index is 0.113. The number of nitrogens with one attached hydrogen (secondary N) is 1. The highest BCUT2D eigenvalue weighted by molar-refractivity contribution is 7.99. The number of benzene rings is 2. The van der Waals surface area contributed by atoms with Crippen molar-refractivity contribution >= 4 is 23.7 Å². The average molecular weight is 521 g/mol. The summed E-state index contributed by atoms with van der Waals surface area (Å²) in [6.45, 7) is 8.22. The van der Waals surface area contributed by atoms with Gasteiger partial charge in [-0.1, -0.05) is 67.7 Å². The molecule has 0 fully saturated rings. The van der Waals surface area contributed by atoms with Crippen LogP contribution >= 0.6 is 11.8 Å². The first kappa shape index (κ1) is 26.3. The van der Waals surface area contributed by atoms with Crippen molar-refractivity contribution in [2.24, 2.45) is 0 Å². The lowest BCUT2D eigenvalue weighted by molar-refractivity contribution is -0.138. The summed E-state index contributed by atoms with van der Waals surface area (Å²) in [6, 6.07) is 15.3. The molecule has 1 aromatic heterocycles. The Balaban J connectivity index is 1.66. The molecule has 37 heavy (non-hydrogen) atoms. The Morgan fingerprint density at radius 2 is 2.03 bits per heavy atom. The van der Waals surface area contributed by atoms with Crippen LogP contribution in [0.4, 0.5) is 5.95 Å². The summed E-state index contributed by atoms with van der Waals surface area (Å²) in [5.74, 6) is 2.23. The molecule has 3 aromatic rings. The summed E-state index contributed by atoms with van der Waals surface area (Å²) in [7, 11) is 1.60. The molecule has 0 saturated heterocycles. The molecule has 194 valence electrons. The molecule has 1 N–H and O–H groups in total. The molecule has 0 bridgehead atoms. The number of thioether (sulfide) groups is 1. The van der Waals surface area contributed by atoms with Gasteiger partial charge in [-0.05, 0) is 36.6 Å².